The van der Waals surface area contributed by atoms with Crippen molar-refractivity contribution in [3.05, 3.63) is 34.6 Å². The van der Waals surface area contributed by atoms with Gasteiger partial charge in [-0.3, -0.25) is 4.98 Å². The largest absolute Gasteiger partial charge is 0.403 e. The van der Waals surface area contributed by atoms with E-state index in [2.05, 4.69) is 20.1 Å². The van der Waals surface area contributed by atoms with Gasteiger partial charge in [0.2, 0.25) is 0 Å². The number of nitrogens with zero attached hydrogens (tertiary/aromatic N) is 6. The Labute approximate surface area is 136 Å². The van der Waals surface area contributed by atoms with Crippen LogP contribution in [0, 0.1) is 10.1 Å². The van der Waals surface area contributed by atoms with Gasteiger partial charge >= 0.3 is 5.82 Å². The van der Waals surface area contributed by atoms with Crippen molar-refractivity contribution in [2.45, 2.75) is 31.7 Å². The predicted molar refractivity (Wildman–Crippen MR) is 87.1 cm³/mol. The highest BCUT2D eigenvalue weighted by Gasteiger charge is 2.31. The van der Waals surface area contributed by atoms with Crippen molar-refractivity contribution in [1.29, 1.82) is 0 Å². The lowest BCUT2D eigenvalue weighted by Crippen LogP contribution is -2.08. The summed E-state index contributed by atoms with van der Waals surface area (Å²) >= 11 is 0. The molecule has 24 heavy (non-hydrogen) atoms. The molecule has 4 rings (SSSR count). The van der Waals surface area contributed by atoms with Gasteiger partial charge in [-0.15, -0.1) is 0 Å². The van der Waals surface area contributed by atoms with Crippen molar-refractivity contribution < 1.29 is 4.92 Å². The van der Waals surface area contributed by atoms with Crippen molar-refractivity contribution in [3.63, 3.8) is 0 Å². The fraction of sp³-hybridized carbons (Fsp3) is 0.333. The van der Waals surface area contributed by atoms with E-state index in [4.69, 9.17) is 5.73 Å². The summed E-state index contributed by atoms with van der Waals surface area (Å²) in [5.41, 5.74) is 7.19. The molecule has 1 aliphatic carbocycles. The van der Waals surface area contributed by atoms with Gasteiger partial charge in [-0.25, -0.2) is 9.97 Å². The zero-order chi connectivity index (χ0) is 16.7. The summed E-state index contributed by atoms with van der Waals surface area (Å²) < 4.78 is 1.66. The van der Waals surface area contributed by atoms with Crippen LogP contribution in [0.5, 0.6) is 0 Å². The molecule has 0 amide bonds. The van der Waals surface area contributed by atoms with Crippen LogP contribution in [-0.2, 0) is 0 Å². The minimum absolute atomic E-state index is 0.0720. The fourth-order valence-corrected chi connectivity index (χ4v) is 3.21. The second-order valence-corrected chi connectivity index (χ2v) is 5.83. The van der Waals surface area contributed by atoms with Crippen LogP contribution in [0.1, 0.15) is 31.7 Å². The highest BCUT2D eigenvalue weighted by atomic mass is 16.6. The first kappa shape index (κ1) is 14.5. The Bertz CT molecular complexity index is 916. The van der Waals surface area contributed by atoms with Crippen molar-refractivity contribution in [3.8, 4) is 11.4 Å². The molecule has 1 saturated carbocycles. The van der Waals surface area contributed by atoms with Gasteiger partial charge in [0.05, 0.1) is 11.1 Å². The predicted octanol–water partition coefficient (Wildman–Crippen LogP) is 2.49. The number of nitrogens with two attached hydrogens (primary N) is 1. The zero-order valence-electron chi connectivity index (χ0n) is 12.8. The topological polar surface area (TPSA) is 126 Å². The third kappa shape index (κ3) is 2.25. The average Bonchev–Trinajstić information content (AvgIpc) is 3.22. The van der Waals surface area contributed by atoms with E-state index < -0.39 is 4.92 Å². The standard InChI is InChI=1S/C15H15N7O2/c16-12-11-14(19-13(18-12)9-5-7-17-8-6-9)21(10-3-1-2-4-10)20-15(11)22(23)24/h5-8,10H,1-4H2,(H2,16,18,19). The average molecular weight is 325 g/mol. The van der Waals surface area contributed by atoms with Crippen molar-refractivity contribution in [2.75, 3.05) is 5.73 Å². The van der Waals surface area contributed by atoms with Crippen molar-refractivity contribution in [2.24, 2.45) is 0 Å². The number of nitrogen functional groups attached to an aromatic ring is 1. The van der Waals surface area contributed by atoms with E-state index >= 15 is 0 Å². The third-order valence-corrected chi connectivity index (χ3v) is 4.34. The van der Waals surface area contributed by atoms with Crippen LogP contribution in [0.15, 0.2) is 24.5 Å². The molecule has 0 saturated heterocycles. The summed E-state index contributed by atoms with van der Waals surface area (Å²) in [5, 5.41) is 15.8. The number of aromatic nitrogens is 5. The highest BCUT2D eigenvalue weighted by molar-refractivity contribution is 5.94. The molecule has 0 aliphatic heterocycles. The Morgan fingerprint density at radius 2 is 1.92 bits per heavy atom. The van der Waals surface area contributed by atoms with Gasteiger partial charge < -0.3 is 15.8 Å². The number of nitro groups is 1. The molecular formula is C15H15N7O2. The van der Waals surface area contributed by atoms with Crippen molar-refractivity contribution in [1.82, 2.24) is 24.7 Å². The molecule has 0 radical (unpaired) electrons. The molecule has 0 bridgehead atoms. The molecule has 3 heterocycles. The number of rotatable bonds is 3. The molecule has 9 heteroatoms. The lowest BCUT2D eigenvalue weighted by atomic mass is 10.2. The van der Waals surface area contributed by atoms with Gasteiger partial charge in [0, 0.05) is 18.0 Å². The van der Waals surface area contributed by atoms with Crippen LogP contribution in [0.3, 0.4) is 0 Å². The van der Waals surface area contributed by atoms with Crippen LogP contribution < -0.4 is 5.73 Å². The first-order valence-corrected chi connectivity index (χ1v) is 7.75. The molecule has 9 nitrogen and oxygen atoms in total. The van der Waals surface area contributed by atoms with E-state index in [1.807, 2.05) is 0 Å². The normalized spacial score (nSPS) is 15.2. The monoisotopic (exact) mass is 325 g/mol. The lowest BCUT2D eigenvalue weighted by molar-refractivity contribution is -0.388. The first-order chi connectivity index (χ1) is 11.6. The number of fused-ring (bicyclic) bond motifs is 1. The number of hydrogen-bond acceptors (Lipinski definition) is 7. The minimum Gasteiger partial charge on any atom is -0.383 e. The van der Waals surface area contributed by atoms with Crippen LogP contribution >= 0.6 is 0 Å². The zero-order valence-corrected chi connectivity index (χ0v) is 12.8. The molecule has 0 spiro atoms. The van der Waals surface area contributed by atoms with Gasteiger partial charge in [-0.1, -0.05) is 12.8 Å². The summed E-state index contributed by atoms with van der Waals surface area (Å²) in [6.07, 6.45) is 7.30. The molecule has 3 aromatic rings. The van der Waals surface area contributed by atoms with Gasteiger partial charge in [-0.2, -0.15) is 4.68 Å². The van der Waals surface area contributed by atoms with Gasteiger partial charge in [-0.05, 0) is 29.9 Å². The van der Waals surface area contributed by atoms with E-state index in [0.29, 0.717) is 11.5 Å². The Hall–Kier alpha value is -3.10. The summed E-state index contributed by atoms with van der Waals surface area (Å²) in [7, 11) is 0. The van der Waals surface area contributed by atoms with Crippen LogP contribution in [0.4, 0.5) is 11.6 Å². The third-order valence-electron chi connectivity index (χ3n) is 4.34. The molecule has 0 atom stereocenters. The Balaban J connectivity index is 1.98. The first-order valence-electron chi connectivity index (χ1n) is 7.75. The molecule has 3 aromatic heterocycles. The molecule has 1 aliphatic rings. The van der Waals surface area contributed by atoms with Crippen LogP contribution in [-0.4, -0.2) is 29.7 Å². The Morgan fingerprint density at radius 3 is 2.58 bits per heavy atom. The fourth-order valence-electron chi connectivity index (χ4n) is 3.21. The molecule has 122 valence electrons. The second-order valence-electron chi connectivity index (χ2n) is 5.83. The van der Waals surface area contributed by atoms with Gasteiger partial charge in [0.1, 0.15) is 5.82 Å². The van der Waals surface area contributed by atoms with Crippen LogP contribution in [0.2, 0.25) is 0 Å². The molecule has 0 unspecified atom stereocenters. The smallest absolute Gasteiger partial charge is 0.383 e. The second kappa shape index (κ2) is 5.52. The number of anilines is 1. The maximum absolute atomic E-state index is 11.4. The van der Waals surface area contributed by atoms with Gasteiger partial charge in [0.25, 0.3) is 0 Å². The van der Waals surface area contributed by atoms with Crippen LogP contribution in [0.25, 0.3) is 22.4 Å². The van der Waals surface area contributed by atoms with Crippen molar-refractivity contribution >= 4 is 22.7 Å². The highest BCUT2D eigenvalue weighted by Crippen LogP contribution is 2.36. The molecular weight excluding hydrogens is 310 g/mol. The Morgan fingerprint density at radius 1 is 1.21 bits per heavy atom. The summed E-state index contributed by atoms with van der Waals surface area (Å²) in [6, 6.07) is 3.65. The molecule has 0 aromatic carbocycles. The maximum Gasteiger partial charge on any atom is 0.403 e. The summed E-state index contributed by atoms with van der Waals surface area (Å²) in [6.45, 7) is 0. The van der Waals surface area contributed by atoms with E-state index in [-0.39, 0.29) is 23.1 Å². The van der Waals surface area contributed by atoms with E-state index in [9.17, 15) is 10.1 Å². The van der Waals surface area contributed by atoms with Gasteiger partial charge in [0.15, 0.2) is 16.9 Å². The Kier molecular flexibility index (Phi) is 3.33. The number of hydrogen-bond donors (Lipinski definition) is 1. The minimum atomic E-state index is -0.528. The summed E-state index contributed by atoms with van der Waals surface area (Å²) in [4.78, 5) is 23.6. The molecule has 2 N–H and O–H groups in total. The van der Waals surface area contributed by atoms with E-state index in [1.165, 1.54) is 0 Å². The summed E-state index contributed by atoms with van der Waals surface area (Å²) in [5.74, 6) is 0.204. The number of pyridine rings is 1. The van der Waals surface area contributed by atoms with E-state index in [0.717, 1.165) is 31.2 Å². The maximum atomic E-state index is 11.4. The SMILES string of the molecule is Nc1nc(-c2ccncc2)nc2c1c([N+](=O)[O-])nn2C1CCCC1. The van der Waals surface area contributed by atoms with E-state index in [1.54, 1.807) is 29.2 Å². The molecule has 1 fully saturated rings. The quantitative estimate of drug-likeness (QED) is 0.579. The lowest BCUT2D eigenvalue weighted by Gasteiger charge is -2.07.